The first-order valence-electron chi connectivity index (χ1n) is 23.1. The highest BCUT2D eigenvalue weighted by Gasteiger charge is 2.47. The van der Waals surface area contributed by atoms with Crippen LogP contribution < -0.4 is 38.2 Å². The van der Waals surface area contributed by atoms with E-state index in [-0.39, 0.29) is 63.7 Å². The number of nitrogens with zero attached hydrogens (tertiary/aromatic N) is 2. The Morgan fingerprint density at radius 1 is 0.506 bits per heavy atom. The van der Waals surface area contributed by atoms with E-state index in [1.54, 1.807) is 0 Å². The lowest BCUT2D eigenvalue weighted by molar-refractivity contribution is -0.275. The molecule has 3 atom stereocenters. The molecule has 0 aliphatic carbocycles. The summed E-state index contributed by atoms with van der Waals surface area (Å²) in [5.41, 5.74) is 0.520. The molecule has 0 spiro atoms. The Morgan fingerprint density at radius 2 is 0.867 bits per heavy atom. The zero-order chi connectivity index (χ0) is 60.3. The monoisotopic (exact) mass is 1210 g/mol. The summed E-state index contributed by atoms with van der Waals surface area (Å²) in [7, 11) is 0. The summed E-state index contributed by atoms with van der Waals surface area (Å²) in [6.07, 6.45) is -41.2. The number of hydrogen-bond donors (Lipinski definition) is 1. The molecule has 2 aliphatic heterocycles. The van der Waals surface area contributed by atoms with Gasteiger partial charge in [-0.05, 0) is 82.9 Å². The quantitative estimate of drug-likeness (QED) is 0.0944. The molecule has 0 saturated heterocycles. The molecule has 83 heavy (non-hydrogen) atoms. The van der Waals surface area contributed by atoms with Gasteiger partial charge in [0.2, 0.25) is 0 Å². The molecule has 1 N–H and O–H groups in total. The van der Waals surface area contributed by atoms with Crippen LogP contribution in [0.5, 0.6) is 34.5 Å². The first kappa shape index (κ1) is 64.1. The van der Waals surface area contributed by atoms with Gasteiger partial charge in [0.05, 0.1) is 36.5 Å². The van der Waals surface area contributed by atoms with Crippen molar-refractivity contribution in [3.8, 4) is 56.8 Å². The van der Waals surface area contributed by atoms with Gasteiger partial charge in [0.25, 0.3) is 5.78 Å². The Hall–Kier alpha value is -8.05. The van der Waals surface area contributed by atoms with Crippen molar-refractivity contribution in [2.45, 2.75) is 75.8 Å². The van der Waals surface area contributed by atoms with Crippen molar-refractivity contribution < 1.29 is 126 Å². The summed E-state index contributed by atoms with van der Waals surface area (Å²) < 4.78 is 288. The maximum absolute atomic E-state index is 13.5. The number of carbonyl (C=O) groups is 1. The highest BCUT2D eigenvalue weighted by atomic mass is 19.4. The first-order chi connectivity index (χ1) is 38.1. The van der Waals surface area contributed by atoms with Gasteiger partial charge < -0.3 is 43.3 Å². The number of ketones is 1. The van der Waals surface area contributed by atoms with Crippen LogP contribution in [0, 0.1) is 0 Å². The van der Waals surface area contributed by atoms with Crippen molar-refractivity contribution >= 4 is 17.2 Å². The zero-order valence-corrected chi connectivity index (χ0v) is 40.7. The molecule has 30 heteroatoms. The molecule has 0 saturated carbocycles. The van der Waals surface area contributed by atoms with Crippen molar-refractivity contribution in [1.82, 2.24) is 0 Å². The minimum absolute atomic E-state index is 0. The molecule has 6 aromatic rings. The van der Waals surface area contributed by atoms with Crippen molar-refractivity contribution in [3.63, 3.8) is 0 Å². The molecular weight excluding hydrogens is 1170 g/mol. The maximum atomic E-state index is 13.5. The largest absolute Gasteiger partial charge is 0.573 e. The van der Waals surface area contributed by atoms with Crippen LogP contribution in [0.3, 0.4) is 0 Å². The third-order valence-electron chi connectivity index (χ3n) is 11.8. The molecule has 0 radical (unpaired) electrons. The topological polar surface area (TPSA) is 99.2 Å². The van der Waals surface area contributed by atoms with E-state index in [1.807, 2.05) is 0 Å². The van der Waals surface area contributed by atoms with E-state index in [0.29, 0.717) is 0 Å². The second-order valence-corrected chi connectivity index (χ2v) is 17.4. The molecule has 0 fully saturated rings. The fourth-order valence-electron chi connectivity index (χ4n) is 8.30. The van der Waals surface area contributed by atoms with Crippen LogP contribution in [0.4, 0.5) is 99.2 Å². The van der Waals surface area contributed by atoms with Gasteiger partial charge in [-0.15, -0.1) is 26.3 Å². The fraction of sp³-hybridized carbons (Fsp3) is 0.302. The fourth-order valence-corrected chi connectivity index (χ4v) is 8.30. The van der Waals surface area contributed by atoms with Crippen molar-refractivity contribution in [3.05, 3.63) is 145 Å². The number of benzene rings is 6. The van der Waals surface area contributed by atoms with E-state index in [2.05, 4.69) is 18.9 Å². The summed E-state index contributed by atoms with van der Waals surface area (Å²) in [6, 6.07) is 23.8. The van der Waals surface area contributed by atoms with E-state index < -0.39 is 123 Å². The summed E-state index contributed by atoms with van der Waals surface area (Å²) in [5, 5.41) is 9.89. The standard InChI is InChI=1S/C26H19F10NO4.C26H17F10NO4.CH4/c2*27-23(28)25(32,33)40-16-6-2-5-15(11-16)20-13-39-22-18(14-4-1-7-17(10-14)41-26(34,35)36)8-3-9-19(22)37(20)12-21(38)24(29,30)31;/h1-11,20-21,23,38H,12-13H2;1-11,20,23H,12-13H2;1H4/t20-,21+;20-;/m11./s1. The van der Waals surface area contributed by atoms with E-state index in [0.717, 1.165) is 70.5 Å². The second-order valence-electron chi connectivity index (χ2n) is 17.4. The molecule has 0 bridgehead atoms. The molecule has 6 aromatic carbocycles. The molecule has 10 nitrogen and oxygen atoms in total. The molecule has 0 aromatic heterocycles. The SMILES string of the molecule is C.O=C(CN1c2cccc(-c3cccc(OC(F)(F)F)c3)c2OC[C@@H]1c1cccc(OC(F)(F)C(F)F)c1)C(F)(F)F.O[C@@H](CN1c2cccc(-c3cccc(OC(F)(F)F)c3)c2OC[C@@H]1c1cccc(OC(F)(F)C(F)F)c1)C(F)(F)F. The number of anilines is 2. The van der Waals surface area contributed by atoms with E-state index in [4.69, 9.17) is 9.47 Å². The van der Waals surface area contributed by atoms with E-state index >= 15 is 0 Å². The molecule has 450 valence electrons. The lowest BCUT2D eigenvalue weighted by Gasteiger charge is -2.41. The van der Waals surface area contributed by atoms with Gasteiger partial charge >= 0.3 is 50.1 Å². The van der Waals surface area contributed by atoms with Gasteiger partial charge in [-0.1, -0.05) is 80.2 Å². The molecule has 2 aliphatic rings. The Bertz CT molecular complexity index is 3190. The number of hydrogen-bond acceptors (Lipinski definition) is 10. The number of halogens is 20. The number of fused-ring (bicyclic) bond motifs is 2. The average Bonchev–Trinajstić information content (AvgIpc) is 1.80. The van der Waals surface area contributed by atoms with Crippen LogP contribution in [0.2, 0.25) is 0 Å². The summed E-state index contributed by atoms with van der Waals surface area (Å²) in [4.78, 5) is 14.1. The molecule has 8 rings (SSSR count). The number of alkyl halides is 20. The van der Waals surface area contributed by atoms with Crippen molar-refractivity contribution in [1.29, 1.82) is 0 Å². The van der Waals surface area contributed by atoms with E-state index in [1.165, 1.54) is 72.8 Å². The molecule has 0 unspecified atom stereocenters. The lowest BCUT2D eigenvalue weighted by atomic mass is 9.98. The third-order valence-corrected chi connectivity index (χ3v) is 11.8. The van der Waals surface area contributed by atoms with Crippen LogP contribution in [0.15, 0.2) is 133 Å². The van der Waals surface area contributed by atoms with Gasteiger partial charge in [0.1, 0.15) is 36.2 Å². The number of carbonyl (C=O) groups excluding carboxylic acids is 1. The van der Waals surface area contributed by atoms with E-state index in [9.17, 15) is 97.7 Å². The molecular formula is C53H40F20N2O8. The van der Waals surface area contributed by atoms with Crippen LogP contribution in [0.1, 0.15) is 30.6 Å². The molecule has 2 heterocycles. The predicted octanol–water partition coefficient (Wildman–Crippen LogP) is 15.5. The predicted molar refractivity (Wildman–Crippen MR) is 254 cm³/mol. The van der Waals surface area contributed by atoms with Gasteiger partial charge in [-0.3, -0.25) is 4.79 Å². The number of β-amino-alcohol motifs (C(OH)–C–C–N with tert-alkyl or cyclic N) is 1. The van der Waals surface area contributed by atoms with Gasteiger partial charge in [-0.2, -0.15) is 61.5 Å². The third kappa shape index (κ3) is 16.2. The summed E-state index contributed by atoms with van der Waals surface area (Å²) in [6.45, 7) is -3.22. The Morgan fingerprint density at radius 3 is 1.24 bits per heavy atom. The van der Waals surface area contributed by atoms with Gasteiger partial charge in [0, 0.05) is 11.1 Å². The zero-order valence-electron chi connectivity index (χ0n) is 40.7. The van der Waals surface area contributed by atoms with Crippen molar-refractivity contribution in [2.75, 3.05) is 36.1 Å². The molecule has 0 amide bonds. The van der Waals surface area contributed by atoms with Gasteiger partial charge in [-0.25, -0.2) is 0 Å². The Kier molecular flexibility index (Phi) is 19.2. The Balaban J connectivity index is 0.000000263. The normalized spacial score (nSPS) is 16.0. The van der Waals surface area contributed by atoms with Crippen LogP contribution in [-0.4, -0.2) is 93.4 Å². The first-order valence-corrected chi connectivity index (χ1v) is 23.1. The number of rotatable bonds is 16. The summed E-state index contributed by atoms with van der Waals surface area (Å²) in [5.74, 6) is -4.87. The Labute approximate surface area is 455 Å². The highest BCUT2D eigenvalue weighted by Crippen LogP contribution is 2.49. The van der Waals surface area contributed by atoms with Crippen LogP contribution in [-0.2, 0) is 4.79 Å². The number of aliphatic hydroxyl groups is 1. The highest BCUT2D eigenvalue weighted by molar-refractivity contribution is 5.90. The number of para-hydroxylation sites is 2. The summed E-state index contributed by atoms with van der Waals surface area (Å²) >= 11 is 0. The average molecular weight is 1210 g/mol. The maximum Gasteiger partial charge on any atom is 0.573 e. The number of aliphatic hydroxyl groups excluding tert-OH is 1. The minimum atomic E-state index is -5.26. The number of ether oxygens (including phenoxy) is 6. The van der Waals surface area contributed by atoms with Crippen molar-refractivity contribution in [2.24, 2.45) is 0 Å². The lowest BCUT2D eigenvalue weighted by Crippen LogP contribution is -2.46. The van der Waals surface area contributed by atoms with Crippen LogP contribution >= 0.6 is 0 Å². The second kappa shape index (κ2) is 24.8. The smallest absolute Gasteiger partial charge is 0.488 e. The van der Waals surface area contributed by atoms with Crippen LogP contribution in [0.25, 0.3) is 22.3 Å². The minimum Gasteiger partial charge on any atom is -0.488 e. The van der Waals surface area contributed by atoms with Gasteiger partial charge in [0.15, 0.2) is 17.6 Å². The number of Topliss-reactive ketones (excluding diaryl/α,β-unsaturated/α-hetero) is 1.